The molecule has 26 N–H and O–H groups in total. The Balaban J connectivity index is 0.0000156. The maximum absolute atomic E-state index is 14.8. The number of nitrogens with two attached hydrogens (primary N) is 3. The number of thioether (sulfide) groups is 2. The molecule has 0 aliphatic heterocycles. The van der Waals surface area contributed by atoms with Crippen LogP contribution in [0.15, 0.2) is 30.5 Å². The van der Waals surface area contributed by atoms with E-state index >= 15 is 0 Å². The highest BCUT2D eigenvalue weighted by molar-refractivity contribution is 7.98. The Morgan fingerprint density at radius 2 is 0.823 bits per heavy atom. The number of amides is 15. The van der Waals surface area contributed by atoms with E-state index in [0.29, 0.717) is 16.5 Å². The Bertz CT molecular complexity index is 3600. The summed E-state index contributed by atoms with van der Waals surface area (Å²) in [5.41, 5.74) is 17.3. The molecule has 0 saturated carbocycles. The van der Waals surface area contributed by atoms with Gasteiger partial charge in [0.2, 0.25) is 88.6 Å². The fraction of sp³-hybridized carbons (Fsp3) is 0.629. The van der Waals surface area contributed by atoms with Crippen LogP contribution in [0.3, 0.4) is 0 Å². The van der Waals surface area contributed by atoms with Crippen LogP contribution < -0.4 is 86.3 Å². The minimum Gasteiger partial charge on any atom is -0.481 e. The van der Waals surface area contributed by atoms with Crippen LogP contribution in [-0.4, -0.2) is 270 Å². The number of aromatic amines is 1. The van der Waals surface area contributed by atoms with Gasteiger partial charge in [0.15, 0.2) is 0 Å². The number of aliphatic carboxylic acids is 3. The fourth-order valence-corrected chi connectivity index (χ4v) is 11.5. The Hall–Kier alpha value is -10.2. The van der Waals surface area contributed by atoms with E-state index in [1.54, 1.807) is 84.5 Å². The predicted octanol–water partition coefficient (Wildman–Crippen LogP) is -5.82. The number of hydrogen-bond donors (Lipinski definition) is 23. The van der Waals surface area contributed by atoms with E-state index < -0.39 is 248 Å². The summed E-state index contributed by atoms with van der Waals surface area (Å²) in [5.74, 6) is -20.5. The number of carboxylic acid groups (broad SMARTS) is 3. The quantitative estimate of drug-likeness (QED) is 0.0293. The van der Waals surface area contributed by atoms with Crippen LogP contribution in [0.1, 0.15) is 133 Å². The highest BCUT2D eigenvalue weighted by Crippen LogP contribution is 2.21. The summed E-state index contributed by atoms with van der Waals surface area (Å²) in [4.78, 5) is 240. The van der Waals surface area contributed by atoms with Gasteiger partial charge in [-0.25, -0.2) is 4.79 Å². The van der Waals surface area contributed by atoms with E-state index in [1.165, 1.54) is 37.4 Å². The summed E-state index contributed by atoms with van der Waals surface area (Å²) in [6.07, 6.45) is 0.998. The van der Waals surface area contributed by atoms with E-state index in [4.69, 9.17) is 27.1 Å². The third-order valence-corrected chi connectivity index (χ3v) is 18.7. The van der Waals surface area contributed by atoms with Gasteiger partial charge in [0.05, 0.1) is 32.2 Å². The summed E-state index contributed by atoms with van der Waals surface area (Å²) < 4.78 is 0. The van der Waals surface area contributed by atoms with Crippen LogP contribution in [0.2, 0.25) is 0 Å². The van der Waals surface area contributed by atoms with Crippen LogP contribution in [-0.2, 0) is 92.7 Å². The number of H-pyrrole nitrogens is 1. The van der Waals surface area contributed by atoms with Gasteiger partial charge < -0.3 is 122 Å². The molecular formula is C70H113N17O24S2. The van der Waals surface area contributed by atoms with Crippen LogP contribution in [0.5, 0.6) is 0 Å². The van der Waals surface area contributed by atoms with E-state index in [2.05, 4.69) is 74.1 Å². The van der Waals surface area contributed by atoms with Crippen molar-refractivity contribution in [1.82, 2.24) is 74.1 Å². The van der Waals surface area contributed by atoms with E-state index in [9.17, 15) is 107 Å². The maximum atomic E-state index is 14.8. The lowest BCUT2D eigenvalue weighted by molar-refractivity contribution is -0.144. The topological polar surface area (TPSA) is 679 Å². The standard InChI is InChI=1S/C68H109N17O22S2.C2H4O2/c1-12-32(5)53(85-67(105)54(33(6)13-2)84-64(102)48(30-87)82-56(94)35(8)74-61(99)45(27-51(91)92)79-62(100)43(24-31(3)4)78-63(101)47(29-86)83-65(103)52(71)36(9)88)66(104)80-44(25-37-28-72-39-17-15-14-16-38(37)39)60(98)73-34(7)55(93)75-41(20-22-108-10)58(96)77-42(21-23-109-11)59(97)76-40(18-19-49(69)89)57(95)81-46(68(106)107)26-50(70)90;1-2(3)4/h14-17,28,31-36,40-48,52-54,72,86-88H,12-13,18-27,29-30,71H2,1-11H3,(H2,69,89)(H2,70,90)(H,73,98)(H,74,99)(H,75,93)(H,76,97)(H,77,96)(H,78,101)(H,79,100)(H,80,104)(H,81,95)(H,82,94)(H,83,103)(H,84,102)(H,85,105)(H,91,92)(H,106,107);1H3,(H,3,4). The lowest BCUT2D eigenvalue weighted by atomic mass is 9.94. The summed E-state index contributed by atoms with van der Waals surface area (Å²) in [7, 11) is 0. The predicted molar refractivity (Wildman–Crippen MR) is 412 cm³/mol. The van der Waals surface area contributed by atoms with Crippen molar-refractivity contribution in [2.45, 2.75) is 224 Å². The molecule has 0 radical (unpaired) electrons. The molecule has 0 saturated heterocycles. The molecule has 0 aliphatic carbocycles. The molecule has 0 aliphatic rings. The van der Waals surface area contributed by atoms with E-state index in [0.717, 1.165) is 13.8 Å². The number of carboxylic acids is 3. The molecule has 2 rings (SSSR count). The molecule has 0 fully saturated rings. The number of aliphatic hydroxyl groups is 3. The average Bonchev–Trinajstić information content (AvgIpc) is 1.56. The van der Waals surface area contributed by atoms with Crippen LogP contribution in [0.4, 0.5) is 0 Å². The van der Waals surface area contributed by atoms with Crippen LogP contribution in [0.25, 0.3) is 10.9 Å². The van der Waals surface area contributed by atoms with Gasteiger partial charge in [-0.15, -0.1) is 0 Å². The molecule has 17 unspecified atom stereocenters. The third kappa shape index (κ3) is 36.4. The molecule has 1 aromatic heterocycles. The fourth-order valence-electron chi connectivity index (χ4n) is 10.5. The SMILES string of the molecule is CC(=O)O.CCC(C)C(NC(=O)C(CO)NC(=O)C(C)NC(=O)C(CC(=O)O)NC(=O)C(CC(C)C)NC(=O)C(CO)NC(=O)C(N)C(C)O)C(=O)NC(C(=O)NC(Cc1c[nH]c2ccccc12)C(=O)NC(C)C(=O)NC(CCSC)C(=O)NC(CCSC)C(=O)NC(CCC(N)=O)C(=O)NC(CC(N)=O)C(=O)O)C(C)CC. The Labute approximate surface area is 661 Å². The Morgan fingerprint density at radius 3 is 1.26 bits per heavy atom. The van der Waals surface area contributed by atoms with Crippen LogP contribution in [0, 0.1) is 17.8 Å². The number of hydrogen-bond acceptors (Lipinski definition) is 24. The molecular weight excluding hydrogens is 1530 g/mol. The molecule has 634 valence electrons. The van der Waals surface area contributed by atoms with Crippen molar-refractivity contribution < 1.29 is 117 Å². The second-order valence-electron chi connectivity index (χ2n) is 27.3. The van der Waals surface area contributed by atoms with Crippen molar-refractivity contribution in [2.75, 3.05) is 37.2 Å². The van der Waals surface area contributed by atoms with Gasteiger partial charge >= 0.3 is 11.9 Å². The van der Waals surface area contributed by atoms with Crippen molar-refractivity contribution >= 4 is 141 Å². The van der Waals surface area contributed by atoms with Gasteiger partial charge in [-0.2, -0.15) is 23.5 Å². The monoisotopic (exact) mass is 1640 g/mol. The minimum atomic E-state index is -1.91. The van der Waals surface area contributed by atoms with Crippen molar-refractivity contribution in [3.63, 3.8) is 0 Å². The smallest absolute Gasteiger partial charge is 0.326 e. The highest BCUT2D eigenvalue weighted by Gasteiger charge is 2.39. The van der Waals surface area contributed by atoms with Gasteiger partial charge in [0, 0.05) is 36.9 Å². The van der Waals surface area contributed by atoms with Gasteiger partial charge in [-0.1, -0.05) is 72.6 Å². The van der Waals surface area contributed by atoms with Gasteiger partial charge in [-0.3, -0.25) is 81.5 Å². The number of para-hydroxylation sites is 1. The zero-order chi connectivity index (χ0) is 86.3. The number of rotatable bonds is 51. The molecule has 1 aromatic carbocycles. The molecule has 1 heterocycles. The van der Waals surface area contributed by atoms with Crippen molar-refractivity contribution in [3.05, 3.63) is 36.0 Å². The molecule has 15 amide bonds. The number of carbonyl (C=O) groups excluding carboxylic acids is 15. The average molecular weight is 1640 g/mol. The lowest BCUT2D eigenvalue weighted by Gasteiger charge is -2.31. The first-order chi connectivity index (χ1) is 52.9. The number of primary amides is 2. The second-order valence-corrected chi connectivity index (χ2v) is 29.2. The van der Waals surface area contributed by atoms with Gasteiger partial charge in [0.1, 0.15) is 84.6 Å². The second kappa shape index (κ2) is 51.4. The largest absolute Gasteiger partial charge is 0.481 e. The highest BCUT2D eigenvalue weighted by atomic mass is 32.2. The summed E-state index contributed by atoms with van der Waals surface area (Å²) >= 11 is 2.59. The third-order valence-electron chi connectivity index (χ3n) is 17.4. The molecule has 43 heteroatoms. The molecule has 0 bridgehead atoms. The Kier molecular flexibility index (Phi) is 45.8. The normalized spacial score (nSPS) is 15.6. The number of fused-ring (bicyclic) bond motifs is 1. The molecule has 2 aromatic rings. The number of nitrogens with one attached hydrogen (secondary N) is 14. The first kappa shape index (κ1) is 101. The number of benzene rings is 1. The summed E-state index contributed by atoms with van der Waals surface area (Å²) in [5, 5.41) is 89.0. The number of aromatic nitrogens is 1. The summed E-state index contributed by atoms with van der Waals surface area (Å²) in [6, 6.07) is -15.1. The maximum Gasteiger partial charge on any atom is 0.326 e. The summed E-state index contributed by atoms with van der Waals surface area (Å²) in [6.45, 7) is 12.5. The van der Waals surface area contributed by atoms with Gasteiger partial charge in [0.25, 0.3) is 5.97 Å². The first-order valence-corrected chi connectivity index (χ1v) is 39.0. The van der Waals surface area contributed by atoms with Crippen LogP contribution >= 0.6 is 23.5 Å². The van der Waals surface area contributed by atoms with Crippen molar-refractivity contribution in [1.29, 1.82) is 0 Å². The molecule has 17 atom stereocenters. The first-order valence-electron chi connectivity index (χ1n) is 36.3. The minimum absolute atomic E-state index is 0.0248. The van der Waals surface area contributed by atoms with E-state index in [-0.39, 0.29) is 55.9 Å². The van der Waals surface area contributed by atoms with Gasteiger partial charge in [-0.05, 0) is 99.9 Å². The molecule has 0 spiro atoms. The molecule has 113 heavy (non-hydrogen) atoms. The zero-order valence-corrected chi connectivity index (χ0v) is 66.9. The zero-order valence-electron chi connectivity index (χ0n) is 65.3. The number of aliphatic hydroxyl groups excluding tert-OH is 3. The molecule has 41 nitrogen and oxygen atoms in total. The number of carbonyl (C=O) groups is 18. The van der Waals surface area contributed by atoms with Crippen molar-refractivity contribution in [3.8, 4) is 0 Å². The van der Waals surface area contributed by atoms with E-state index in [1.807, 2.05) is 0 Å². The van der Waals surface area contributed by atoms with Crippen molar-refractivity contribution in [2.24, 2.45) is 35.0 Å². The Morgan fingerprint density at radius 1 is 0.451 bits per heavy atom. The lowest BCUT2D eigenvalue weighted by Crippen LogP contribution is -2.62.